The Morgan fingerprint density at radius 1 is 1.00 bits per heavy atom. The molecule has 2 aliphatic heterocycles. The first kappa shape index (κ1) is 12.2. The maximum atomic E-state index is 12.3. The van der Waals surface area contributed by atoms with Gasteiger partial charge in [-0.25, -0.2) is 0 Å². The molecule has 1 saturated heterocycles. The van der Waals surface area contributed by atoms with Crippen molar-refractivity contribution in [1.82, 2.24) is 9.80 Å². The van der Waals surface area contributed by atoms with Crippen LogP contribution in [0, 0.1) is 0 Å². The van der Waals surface area contributed by atoms with Gasteiger partial charge in [0.15, 0.2) is 0 Å². The van der Waals surface area contributed by atoms with Crippen LogP contribution in [0.25, 0.3) is 0 Å². The lowest BCUT2D eigenvalue weighted by atomic mass is 10.1. The van der Waals surface area contributed by atoms with E-state index in [9.17, 15) is 9.59 Å². The Morgan fingerprint density at radius 3 is 2.37 bits per heavy atom. The molecule has 4 heteroatoms. The molecule has 2 amide bonds. The number of benzene rings is 1. The van der Waals surface area contributed by atoms with Gasteiger partial charge in [0.05, 0.1) is 0 Å². The fraction of sp³-hybridized carbons (Fsp3) is 0.467. The third-order valence-electron chi connectivity index (χ3n) is 4.01. The first-order chi connectivity index (χ1) is 9.15. The number of hydrogen-bond donors (Lipinski definition) is 0. The van der Waals surface area contributed by atoms with Crippen molar-refractivity contribution in [3.8, 4) is 0 Å². The standard InChI is InChI=1S/C15H18N2O2/c1-11(18)17-9-13-5-4-12(8-14(13)10-17)15(19)16-6-2-3-7-16/h4-5,8H,2-3,6-7,9-10H2,1H3. The van der Waals surface area contributed by atoms with Gasteiger partial charge in [-0.3, -0.25) is 9.59 Å². The molecule has 19 heavy (non-hydrogen) atoms. The van der Waals surface area contributed by atoms with E-state index < -0.39 is 0 Å². The number of rotatable bonds is 1. The van der Waals surface area contributed by atoms with Crippen molar-refractivity contribution in [2.75, 3.05) is 13.1 Å². The van der Waals surface area contributed by atoms with E-state index in [0.29, 0.717) is 13.1 Å². The monoisotopic (exact) mass is 258 g/mol. The topological polar surface area (TPSA) is 40.6 Å². The second-order valence-electron chi connectivity index (χ2n) is 5.36. The Bertz CT molecular complexity index is 533. The molecular weight excluding hydrogens is 240 g/mol. The summed E-state index contributed by atoms with van der Waals surface area (Å²) in [5, 5.41) is 0. The molecule has 0 N–H and O–H groups in total. The highest BCUT2D eigenvalue weighted by molar-refractivity contribution is 5.94. The zero-order chi connectivity index (χ0) is 13.4. The summed E-state index contributed by atoms with van der Waals surface area (Å²) in [6.45, 7) is 4.63. The van der Waals surface area contributed by atoms with Crippen LogP contribution in [0.5, 0.6) is 0 Å². The van der Waals surface area contributed by atoms with E-state index in [0.717, 1.165) is 42.6 Å². The summed E-state index contributed by atoms with van der Waals surface area (Å²) >= 11 is 0. The van der Waals surface area contributed by atoms with Crippen molar-refractivity contribution in [1.29, 1.82) is 0 Å². The molecule has 0 unspecified atom stereocenters. The number of carbonyl (C=O) groups excluding carboxylic acids is 2. The highest BCUT2D eigenvalue weighted by atomic mass is 16.2. The fourth-order valence-electron chi connectivity index (χ4n) is 2.85. The summed E-state index contributed by atoms with van der Waals surface area (Å²) in [5.74, 6) is 0.213. The molecule has 0 bridgehead atoms. The largest absolute Gasteiger partial charge is 0.339 e. The molecule has 3 rings (SSSR count). The maximum absolute atomic E-state index is 12.3. The third-order valence-corrected chi connectivity index (χ3v) is 4.01. The molecule has 100 valence electrons. The van der Waals surface area contributed by atoms with Gasteiger partial charge in [-0.15, -0.1) is 0 Å². The third kappa shape index (κ3) is 2.23. The van der Waals surface area contributed by atoms with Gasteiger partial charge < -0.3 is 9.80 Å². The number of fused-ring (bicyclic) bond motifs is 1. The van der Waals surface area contributed by atoms with Gasteiger partial charge in [0.25, 0.3) is 5.91 Å². The normalized spacial score (nSPS) is 17.7. The average Bonchev–Trinajstić information content (AvgIpc) is 3.06. The molecular formula is C15H18N2O2. The molecule has 1 fully saturated rings. The molecule has 0 aliphatic carbocycles. The van der Waals surface area contributed by atoms with Crippen molar-refractivity contribution in [2.24, 2.45) is 0 Å². The summed E-state index contributed by atoms with van der Waals surface area (Å²) in [6.07, 6.45) is 2.21. The van der Waals surface area contributed by atoms with Crippen LogP contribution in [0.15, 0.2) is 18.2 Å². The zero-order valence-corrected chi connectivity index (χ0v) is 11.2. The molecule has 1 aromatic carbocycles. The van der Waals surface area contributed by atoms with Gasteiger partial charge in [-0.05, 0) is 36.1 Å². The Hall–Kier alpha value is -1.84. The van der Waals surface area contributed by atoms with Crippen LogP contribution in [0.2, 0.25) is 0 Å². The van der Waals surface area contributed by atoms with E-state index in [2.05, 4.69) is 0 Å². The average molecular weight is 258 g/mol. The summed E-state index contributed by atoms with van der Waals surface area (Å²) in [4.78, 5) is 27.4. The van der Waals surface area contributed by atoms with Gasteiger partial charge >= 0.3 is 0 Å². The molecule has 1 aromatic rings. The van der Waals surface area contributed by atoms with Crippen molar-refractivity contribution in [3.05, 3.63) is 34.9 Å². The van der Waals surface area contributed by atoms with Crippen LogP contribution in [-0.2, 0) is 17.9 Å². The Morgan fingerprint density at radius 2 is 1.68 bits per heavy atom. The molecule has 0 aromatic heterocycles. The van der Waals surface area contributed by atoms with Crippen LogP contribution in [0.4, 0.5) is 0 Å². The fourth-order valence-corrected chi connectivity index (χ4v) is 2.85. The zero-order valence-electron chi connectivity index (χ0n) is 11.2. The van der Waals surface area contributed by atoms with Crippen LogP contribution >= 0.6 is 0 Å². The van der Waals surface area contributed by atoms with Crippen LogP contribution < -0.4 is 0 Å². The Balaban J connectivity index is 1.81. The van der Waals surface area contributed by atoms with E-state index in [1.807, 2.05) is 23.1 Å². The van der Waals surface area contributed by atoms with Crippen molar-refractivity contribution < 1.29 is 9.59 Å². The predicted molar refractivity (Wildman–Crippen MR) is 71.5 cm³/mol. The molecule has 0 saturated carbocycles. The lowest BCUT2D eigenvalue weighted by Crippen LogP contribution is -2.27. The number of nitrogens with zero attached hydrogens (tertiary/aromatic N) is 2. The molecule has 4 nitrogen and oxygen atoms in total. The van der Waals surface area contributed by atoms with Crippen molar-refractivity contribution in [2.45, 2.75) is 32.9 Å². The summed E-state index contributed by atoms with van der Waals surface area (Å²) in [6, 6.07) is 5.84. The van der Waals surface area contributed by atoms with E-state index in [1.165, 1.54) is 0 Å². The molecule has 0 spiro atoms. The van der Waals surface area contributed by atoms with Crippen molar-refractivity contribution >= 4 is 11.8 Å². The second kappa shape index (κ2) is 4.68. The minimum Gasteiger partial charge on any atom is -0.339 e. The summed E-state index contributed by atoms with van der Waals surface area (Å²) in [5.41, 5.74) is 3.03. The minimum atomic E-state index is 0.0867. The van der Waals surface area contributed by atoms with E-state index in [1.54, 1.807) is 11.8 Å². The maximum Gasteiger partial charge on any atom is 0.253 e. The number of likely N-dealkylation sites (tertiary alicyclic amines) is 1. The lowest BCUT2D eigenvalue weighted by Gasteiger charge is -2.15. The summed E-state index contributed by atoms with van der Waals surface area (Å²) < 4.78 is 0. The lowest BCUT2D eigenvalue weighted by molar-refractivity contribution is -0.129. The van der Waals surface area contributed by atoms with Gasteiger partial charge in [0.1, 0.15) is 0 Å². The molecule has 0 radical (unpaired) electrons. The summed E-state index contributed by atoms with van der Waals surface area (Å²) in [7, 11) is 0. The number of hydrogen-bond acceptors (Lipinski definition) is 2. The van der Waals surface area contributed by atoms with Crippen molar-refractivity contribution in [3.63, 3.8) is 0 Å². The van der Waals surface area contributed by atoms with Crippen LogP contribution in [0.3, 0.4) is 0 Å². The first-order valence-corrected chi connectivity index (χ1v) is 6.82. The molecule has 2 aliphatic rings. The number of amides is 2. The molecule has 2 heterocycles. The van der Waals surface area contributed by atoms with Gasteiger partial charge in [0, 0.05) is 38.7 Å². The predicted octanol–water partition coefficient (Wildman–Crippen LogP) is 1.78. The van der Waals surface area contributed by atoms with Gasteiger partial charge in [0.2, 0.25) is 5.91 Å². The van der Waals surface area contributed by atoms with Crippen LogP contribution in [-0.4, -0.2) is 34.7 Å². The SMILES string of the molecule is CC(=O)N1Cc2ccc(C(=O)N3CCCC3)cc2C1. The highest BCUT2D eigenvalue weighted by Crippen LogP contribution is 2.25. The van der Waals surface area contributed by atoms with E-state index in [-0.39, 0.29) is 11.8 Å². The molecule has 0 atom stereocenters. The minimum absolute atomic E-state index is 0.0867. The Kier molecular flexibility index (Phi) is 3.01. The first-order valence-electron chi connectivity index (χ1n) is 6.82. The smallest absolute Gasteiger partial charge is 0.253 e. The van der Waals surface area contributed by atoms with E-state index in [4.69, 9.17) is 0 Å². The van der Waals surface area contributed by atoms with Gasteiger partial charge in [-0.1, -0.05) is 6.07 Å². The Labute approximate surface area is 113 Å². The highest BCUT2D eigenvalue weighted by Gasteiger charge is 2.24. The number of carbonyl (C=O) groups is 2. The van der Waals surface area contributed by atoms with Crippen LogP contribution in [0.1, 0.15) is 41.3 Å². The second-order valence-corrected chi connectivity index (χ2v) is 5.36. The quantitative estimate of drug-likeness (QED) is 0.770. The van der Waals surface area contributed by atoms with E-state index >= 15 is 0 Å². The van der Waals surface area contributed by atoms with Gasteiger partial charge in [-0.2, -0.15) is 0 Å².